The quantitative estimate of drug-likeness (QED) is 0.609. The Morgan fingerprint density at radius 3 is 2.04 bits per heavy atom. The first-order valence-electron chi connectivity index (χ1n) is 8.67. The Hall–Kier alpha value is -2.30. The Kier molecular flexibility index (Phi) is 4.84. The number of amides is 2. The van der Waals surface area contributed by atoms with Gasteiger partial charge < -0.3 is 9.47 Å². The Labute approximate surface area is 148 Å². The van der Waals surface area contributed by atoms with Gasteiger partial charge in [-0.25, -0.2) is 0 Å². The Morgan fingerprint density at radius 2 is 1.52 bits per heavy atom. The molecule has 3 rings (SSSR count). The number of likely N-dealkylation sites (tertiary alicyclic amines) is 1. The summed E-state index contributed by atoms with van der Waals surface area (Å²) in [4.78, 5) is 26.8. The number of imide groups is 1. The van der Waals surface area contributed by atoms with Crippen LogP contribution in [0.3, 0.4) is 0 Å². The summed E-state index contributed by atoms with van der Waals surface area (Å²) in [5, 5.41) is 0. The monoisotopic (exact) mass is 343 g/mol. The number of hydrogen-bond acceptors (Lipinski definition) is 4. The lowest BCUT2D eigenvalue weighted by Crippen LogP contribution is -2.33. The zero-order valence-electron chi connectivity index (χ0n) is 15.3. The van der Waals surface area contributed by atoms with Crippen LogP contribution in [0.1, 0.15) is 32.3 Å². The summed E-state index contributed by atoms with van der Waals surface area (Å²) in [7, 11) is 3.19. The molecule has 0 spiro atoms. The third-order valence-corrected chi connectivity index (χ3v) is 5.50. The molecule has 1 aromatic carbocycles. The van der Waals surface area contributed by atoms with Gasteiger partial charge in [0.05, 0.1) is 26.1 Å². The zero-order chi connectivity index (χ0) is 18.1. The largest absolute Gasteiger partial charge is 0.493 e. The highest BCUT2D eigenvalue weighted by atomic mass is 16.5. The average molecular weight is 343 g/mol. The van der Waals surface area contributed by atoms with Crippen molar-refractivity contribution in [1.29, 1.82) is 0 Å². The minimum atomic E-state index is -0.165. The van der Waals surface area contributed by atoms with Crippen LogP contribution in [0, 0.1) is 11.8 Å². The third-order valence-electron chi connectivity index (χ3n) is 5.50. The molecule has 0 radical (unpaired) electrons. The van der Waals surface area contributed by atoms with Crippen molar-refractivity contribution in [2.45, 2.75) is 33.1 Å². The average Bonchev–Trinajstić information content (AvgIpc) is 2.84. The van der Waals surface area contributed by atoms with E-state index in [4.69, 9.17) is 9.47 Å². The van der Waals surface area contributed by atoms with Crippen molar-refractivity contribution in [2.75, 3.05) is 20.8 Å². The number of rotatable bonds is 5. The first-order chi connectivity index (χ1) is 12.0. The van der Waals surface area contributed by atoms with Crippen LogP contribution in [0.2, 0.25) is 0 Å². The summed E-state index contributed by atoms with van der Waals surface area (Å²) in [6.45, 7) is 4.55. The normalized spacial score (nSPS) is 23.1. The van der Waals surface area contributed by atoms with E-state index in [2.05, 4.69) is 13.8 Å². The van der Waals surface area contributed by atoms with E-state index in [0.29, 0.717) is 37.3 Å². The van der Waals surface area contributed by atoms with E-state index in [1.54, 1.807) is 14.2 Å². The van der Waals surface area contributed by atoms with Gasteiger partial charge in [0.1, 0.15) is 0 Å². The number of allylic oxidation sites excluding steroid dienone is 2. The van der Waals surface area contributed by atoms with Gasteiger partial charge in [-0.2, -0.15) is 0 Å². The summed E-state index contributed by atoms with van der Waals surface area (Å²) in [6, 6.07) is 5.68. The fourth-order valence-electron chi connectivity index (χ4n) is 3.82. The van der Waals surface area contributed by atoms with E-state index in [1.165, 1.54) is 16.0 Å². The number of fused-ring (bicyclic) bond motifs is 1. The van der Waals surface area contributed by atoms with E-state index in [1.807, 2.05) is 18.2 Å². The minimum Gasteiger partial charge on any atom is -0.493 e. The molecule has 2 aliphatic rings. The third kappa shape index (κ3) is 3.15. The molecule has 0 bridgehead atoms. The summed E-state index contributed by atoms with van der Waals surface area (Å²) >= 11 is 0. The SMILES string of the molecule is COc1ccc(CCN2C(=O)[C@H]3CC(C)=C(C)C[C@H]3C2=O)cc1OC. The number of carbonyl (C=O) groups excluding carboxylic acids is 2. The molecule has 2 atom stereocenters. The molecular formula is C20H25NO4. The number of benzene rings is 1. The molecule has 1 fully saturated rings. The van der Waals surface area contributed by atoms with Crippen molar-refractivity contribution in [2.24, 2.45) is 11.8 Å². The molecule has 0 aromatic heterocycles. The number of carbonyl (C=O) groups is 2. The maximum absolute atomic E-state index is 12.7. The zero-order valence-corrected chi connectivity index (χ0v) is 15.3. The molecule has 1 aliphatic heterocycles. The molecule has 1 heterocycles. The van der Waals surface area contributed by atoms with Crippen molar-refractivity contribution in [3.63, 3.8) is 0 Å². The van der Waals surface area contributed by atoms with Crippen molar-refractivity contribution < 1.29 is 19.1 Å². The number of methoxy groups -OCH3 is 2. The van der Waals surface area contributed by atoms with Crippen LogP contribution in [0.25, 0.3) is 0 Å². The van der Waals surface area contributed by atoms with Gasteiger partial charge in [-0.1, -0.05) is 17.2 Å². The van der Waals surface area contributed by atoms with Crippen molar-refractivity contribution in [1.82, 2.24) is 4.90 Å². The van der Waals surface area contributed by atoms with Crippen molar-refractivity contribution in [3.8, 4) is 11.5 Å². The van der Waals surface area contributed by atoms with Crippen LogP contribution in [0.5, 0.6) is 11.5 Å². The second kappa shape index (κ2) is 6.90. The molecule has 1 aromatic rings. The molecule has 25 heavy (non-hydrogen) atoms. The molecule has 1 aliphatic carbocycles. The van der Waals surface area contributed by atoms with Crippen LogP contribution in [0.15, 0.2) is 29.3 Å². The maximum atomic E-state index is 12.7. The van der Waals surface area contributed by atoms with E-state index in [0.717, 1.165) is 5.56 Å². The molecule has 0 saturated carbocycles. The fraction of sp³-hybridized carbons (Fsp3) is 0.500. The fourth-order valence-corrected chi connectivity index (χ4v) is 3.82. The topological polar surface area (TPSA) is 55.8 Å². The molecule has 0 N–H and O–H groups in total. The Morgan fingerprint density at radius 1 is 0.960 bits per heavy atom. The van der Waals surface area contributed by atoms with Crippen LogP contribution in [0.4, 0.5) is 0 Å². The van der Waals surface area contributed by atoms with Gasteiger partial charge in [0.2, 0.25) is 11.8 Å². The Bertz CT molecular complexity index is 705. The van der Waals surface area contributed by atoms with Crippen LogP contribution in [-0.4, -0.2) is 37.5 Å². The summed E-state index contributed by atoms with van der Waals surface area (Å²) < 4.78 is 10.6. The molecule has 0 unspecified atom stereocenters. The van der Waals surface area contributed by atoms with Gasteiger partial charge >= 0.3 is 0 Å². The van der Waals surface area contributed by atoms with E-state index in [9.17, 15) is 9.59 Å². The van der Waals surface area contributed by atoms with E-state index in [-0.39, 0.29) is 23.7 Å². The lowest BCUT2D eigenvalue weighted by atomic mass is 9.78. The van der Waals surface area contributed by atoms with Gasteiger partial charge in [0, 0.05) is 6.54 Å². The first-order valence-corrected chi connectivity index (χ1v) is 8.67. The molecular weight excluding hydrogens is 318 g/mol. The van der Waals surface area contributed by atoms with Gasteiger partial charge in [0.25, 0.3) is 0 Å². The smallest absolute Gasteiger partial charge is 0.233 e. The van der Waals surface area contributed by atoms with Gasteiger partial charge in [-0.05, 0) is 50.8 Å². The highest BCUT2D eigenvalue weighted by Gasteiger charge is 2.48. The molecule has 1 saturated heterocycles. The second-order valence-electron chi connectivity index (χ2n) is 6.95. The lowest BCUT2D eigenvalue weighted by molar-refractivity contribution is -0.139. The van der Waals surface area contributed by atoms with Crippen LogP contribution >= 0.6 is 0 Å². The number of nitrogens with zero attached hydrogens (tertiary/aromatic N) is 1. The predicted molar refractivity (Wildman–Crippen MR) is 94.6 cm³/mol. The predicted octanol–water partition coefficient (Wildman–Crippen LogP) is 2.98. The van der Waals surface area contributed by atoms with Crippen molar-refractivity contribution in [3.05, 3.63) is 34.9 Å². The van der Waals surface area contributed by atoms with E-state index < -0.39 is 0 Å². The first kappa shape index (κ1) is 17.5. The lowest BCUT2D eigenvalue weighted by Gasteiger charge is -2.23. The van der Waals surface area contributed by atoms with Crippen LogP contribution < -0.4 is 9.47 Å². The second-order valence-corrected chi connectivity index (χ2v) is 6.95. The molecule has 5 heteroatoms. The highest BCUT2D eigenvalue weighted by molar-refractivity contribution is 6.05. The number of hydrogen-bond donors (Lipinski definition) is 0. The summed E-state index contributed by atoms with van der Waals surface area (Å²) in [5.74, 6) is 0.971. The summed E-state index contributed by atoms with van der Waals surface area (Å²) in [6.07, 6.45) is 2.05. The van der Waals surface area contributed by atoms with Gasteiger partial charge in [0.15, 0.2) is 11.5 Å². The molecule has 134 valence electrons. The van der Waals surface area contributed by atoms with E-state index >= 15 is 0 Å². The standard InChI is InChI=1S/C20H25NO4/c1-12-9-15-16(10-13(12)2)20(23)21(19(15)22)8-7-14-5-6-17(24-3)18(11-14)25-4/h5-6,11,15-16H,7-10H2,1-4H3/t15-,16+. The number of ether oxygens (including phenoxy) is 2. The van der Waals surface area contributed by atoms with Gasteiger partial charge in [-0.15, -0.1) is 0 Å². The molecule has 2 amide bonds. The maximum Gasteiger partial charge on any atom is 0.233 e. The molecule has 5 nitrogen and oxygen atoms in total. The van der Waals surface area contributed by atoms with Crippen LogP contribution in [-0.2, 0) is 16.0 Å². The summed E-state index contributed by atoms with van der Waals surface area (Å²) in [5.41, 5.74) is 3.52. The minimum absolute atomic E-state index is 0.0117. The van der Waals surface area contributed by atoms with Crippen molar-refractivity contribution >= 4 is 11.8 Å². The van der Waals surface area contributed by atoms with Gasteiger partial charge in [-0.3, -0.25) is 14.5 Å². The highest BCUT2D eigenvalue weighted by Crippen LogP contribution is 2.40. The Balaban J connectivity index is 1.70.